The van der Waals surface area contributed by atoms with Crippen LogP contribution in [0.15, 0.2) is 24.3 Å². The van der Waals surface area contributed by atoms with Gasteiger partial charge in [-0.15, -0.1) is 0 Å². The minimum Gasteiger partial charge on any atom is -0.491 e. The zero-order valence-electron chi connectivity index (χ0n) is 11.9. The van der Waals surface area contributed by atoms with Crippen LogP contribution < -0.4 is 10.5 Å². The Kier molecular flexibility index (Phi) is 10.3. The maximum atomic E-state index is 11.9. The average Bonchev–Trinajstić information content (AvgIpc) is 2.51. The van der Waals surface area contributed by atoms with Crippen LogP contribution in [0.1, 0.15) is 17.8 Å². The summed E-state index contributed by atoms with van der Waals surface area (Å²) < 4.78 is 17.1. The van der Waals surface area contributed by atoms with Gasteiger partial charge < -0.3 is 25.6 Å². The van der Waals surface area contributed by atoms with Crippen molar-refractivity contribution in [3.63, 3.8) is 0 Å². The second-order valence-electron chi connectivity index (χ2n) is 4.22. The molecule has 0 spiro atoms. The van der Waals surface area contributed by atoms with E-state index in [4.69, 9.17) is 25.2 Å². The van der Waals surface area contributed by atoms with Crippen molar-refractivity contribution in [1.29, 1.82) is 0 Å². The molecule has 8 nitrogen and oxygen atoms in total. The number of hydrogen-bond acceptors (Lipinski definition) is 7. The van der Waals surface area contributed by atoms with Gasteiger partial charge in [0.1, 0.15) is 12.4 Å². The molecule has 124 valence electrons. The molecular formula is C13H20NO7P. The monoisotopic (exact) mass is 333 g/mol. The summed E-state index contributed by atoms with van der Waals surface area (Å²) in [6, 6.07) is 6.22. The Hall–Kier alpha value is -1.53. The highest BCUT2D eigenvalue weighted by Crippen LogP contribution is 2.54. The van der Waals surface area contributed by atoms with Gasteiger partial charge in [-0.25, -0.2) is 0 Å². The molecule has 0 aromatic heterocycles. The van der Waals surface area contributed by atoms with Gasteiger partial charge in [0.25, 0.3) is 0 Å². The van der Waals surface area contributed by atoms with Crippen LogP contribution in [-0.4, -0.2) is 47.2 Å². The Morgan fingerprint density at radius 2 is 1.82 bits per heavy atom. The Labute approximate surface area is 128 Å². The summed E-state index contributed by atoms with van der Waals surface area (Å²) in [6.07, 6.45) is 0.635. The first-order valence-electron chi connectivity index (χ1n) is 6.45. The number of rotatable bonds is 8. The molecule has 0 saturated heterocycles. The molecule has 9 heteroatoms. The van der Waals surface area contributed by atoms with Crippen molar-refractivity contribution in [2.45, 2.75) is 12.3 Å². The first-order valence-corrected chi connectivity index (χ1v) is 8.36. The van der Waals surface area contributed by atoms with Gasteiger partial charge in [0.2, 0.25) is 7.37 Å². The van der Waals surface area contributed by atoms with E-state index in [9.17, 15) is 14.6 Å². The lowest BCUT2D eigenvalue weighted by molar-refractivity contribution is -0.191. The highest BCUT2D eigenvalue weighted by Gasteiger charge is 2.29. The maximum Gasteiger partial charge on any atom is 0.373 e. The van der Waals surface area contributed by atoms with E-state index in [1.54, 1.807) is 12.1 Å². The fourth-order valence-corrected chi connectivity index (χ4v) is 3.09. The van der Waals surface area contributed by atoms with Gasteiger partial charge in [0, 0.05) is 6.16 Å². The number of benzene rings is 1. The quantitative estimate of drug-likeness (QED) is 0.489. The molecule has 1 aromatic carbocycles. The summed E-state index contributed by atoms with van der Waals surface area (Å²) in [5.41, 5.74) is 5.65. The lowest BCUT2D eigenvalue weighted by Crippen LogP contribution is -2.07. The summed E-state index contributed by atoms with van der Waals surface area (Å²) in [5.74, 6) is -0.884. The first-order chi connectivity index (χ1) is 10.4. The minimum absolute atomic E-state index is 0.00652. The molecule has 0 aliphatic rings. The second-order valence-corrected chi connectivity index (χ2v) is 6.67. The third-order valence-electron chi connectivity index (χ3n) is 2.60. The number of aliphatic hydroxyl groups excluding tert-OH is 2. The maximum absolute atomic E-state index is 11.9. The molecule has 0 bridgehead atoms. The van der Waals surface area contributed by atoms with Crippen molar-refractivity contribution < 1.29 is 34.0 Å². The Morgan fingerprint density at radius 1 is 1.27 bits per heavy atom. The summed E-state index contributed by atoms with van der Waals surface area (Å²) in [5, 5.41) is 18.5. The normalized spacial score (nSPS) is 14.0. The molecule has 0 fully saturated rings. The van der Waals surface area contributed by atoms with Crippen molar-refractivity contribution in [3.8, 4) is 5.75 Å². The van der Waals surface area contributed by atoms with Gasteiger partial charge >= 0.3 is 6.15 Å². The molecule has 0 saturated carbocycles. The molecule has 0 radical (unpaired) electrons. The van der Waals surface area contributed by atoms with E-state index >= 15 is 0 Å². The summed E-state index contributed by atoms with van der Waals surface area (Å²) in [7, 11) is -3.66. The molecule has 0 aliphatic carbocycles. The molecule has 0 heterocycles. The third kappa shape index (κ3) is 7.47. The Bertz CT molecular complexity index is 500. The predicted octanol–water partition coefficient (Wildman–Crippen LogP) is 0.0843. The fraction of sp³-hybridized carbons (Fsp3) is 0.462. The van der Waals surface area contributed by atoms with Crippen LogP contribution in [0.5, 0.6) is 5.75 Å². The summed E-state index contributed by atoms with van der Waals surface area (Å²) in [4.78, 5) is 26.0. The molecule has 1 aromatic rings. The van der Waals surface area contributed by atoms with Gasteiger partial charge in [-0.3, -0.25) is 4.57 Å². The van der Waals surface area contributed by atoms with Gasteiger partial charge in [-0.1, -0.05) is 12.1 Å². The molecule has 1 rings (SSSR count). The van der Waals surface area contributed by atoms with Crippen molar-refractivity contribution in [2.75, 3.05) is 25.9 Å². The fourth-order valence-electron chi connectivity index (χ4n) is 1.57. The van der Waals surface area contributed by atoms with Crippen LogP contribution >= 0.6 is 7.37 Å². The van der Waals surface area contributed by atoms with E-state index in [0.29, 0.717) is 24.3 Å². The second kappa shape index (κ2) is 11.1. The van der Waals surface area contributed by atoms with Crippen molar-refractivity contribution >= 4 is 13.5 Å². The number of hydrogen-bond donors (Lipinski definition) is 4. The number of carbonyl (C=O) groups excluding carboxylic acids is 2. The van der Waals surface area contributed by atoms with Gasteiger partial charge in [-0.2, -0.15) is 9.59 Å². The zero-order valence-corrected chi connectivity index (χ0v) is 12.8. The molecule has 2 atom stereocenters. The van der Waals surface area contributed by atoms with E-state index in [1.807, 2.05) is 0 Å². The Balaban J connectivity index is 0.00000135. The van der Waals surface area contributed by atoms with Crippen LogP contribution in [-0.2, 0) is 14.2 Å². The van der Waals surface area contributed by atoms with Crippen LogP contribution in [0.2, 0.25) is 0 Å². The van der Waals surface area contributed by atoms with E-state index in [1.165, 1.54) is 12.1 Å². The lowest BCUT2D eigenvalue weighted by atomic mass is 10.2. The van der Waals surface area contributed by atoms with Crippen LogP contribution in [0.25, 0.3) is 0 Å². The smallest absolute Gasteiger partial charge is 0.373 e. The highest BCUT2D eigenvalue weighted by molar-refractivity contribution is 7.58. The van der Waals surface area contributed by atoms with Crippen molar-refractivity contribution in [2.24, 2.45) is 5.73 Å². The zero-order chi connectivity index (χ0) is 17.0. The molecule has 2 unspecified atom stereocenters. The molecule has 5 N–H and O–H groups in total. The average molecular weight is 333 g/mol. The molecule has 22 heavy (non-hydrogen) atoms. The summed E-state index contributed by atoms with van der Waals surface area (Å²) >= 11 is 0. The lowest BCUT2D eigenvalue weighted by Gasteiger charge is -2.18. The van der Waals surface area contributed by atoms with Crippen LogP contribution in [0.3, 0.4) is 0 Å². The number of ether oxygens (including phenoxy) is 1. The van der Waals surface area contributed by atoms with Crippen molar-refractivity contribution in [3.05, 3.63) is 29.8 Å². The predicted molar refractivity (Wildman–Crippen MR) is 77.4 cm³/mol. The highest BCUT2D eigenvalue weighted by atomic mass is 31.2. The van der Waals surface area contributed by atoms with E-state index in [0.717, 1.165) is 0 Å². The van der Waals surface area contributed by atoms with E-state index in [2.05, 4.69) is 0 Å². The SMILES string of the molecule is NCCCP(=O)(O)C(O)c1ccc(OCCO)cc1.O=C=O. The minimum atomic E-state index is -3.66. The summed E-state index contributed by atoms with van der Waals surface area (Å²) in [6.45, 7) is 0.400. The number of aliphatic hydroxyl groups is 2. The largest absolute Gasteiger partial charge is 0.491 e. The van der Waals surface area contributed by atoms with E-state index < -0.39 is 13.2 Å². The van der Waals surface area contributed by atoms with E-state index in [-0.39, 0.29) is 25.5 Å². The third-order valence-corrected chi connectivity index (χ3v) is 4.62. The van der Waals surface area contributed by atoms with Gasteiger partial charge in [0.05, 0.1) is 6.61 Å². The molecule has 0 amide bonds. The molecular weight excluding hydrogens is 313 g/mol. The van der Waals surface area contributed by atoms with Crippen LogP contribution in [0.4, 0.5) is 0 Å². The Morgan fingerprint density at radius 3 is 2.27 bits per heavy atom. The standard InChI is InChI=1S/C12H20NO5P.CO2/c13-6-1-9-19(16,17)12(15)10-2-4-11(5-3-10)18-8-7-14;2-1-3/h2-5,12,14-15H,1,6-9,13H2,(H,16,17);. The van der Waals surface area contributed by atoms with Crippen LogP contribution in [0, 0.1) is 0 Å². The molecule has 0 aliphatic heterocycles. The number of nitrogens with two attached hydrogens (primary N) is 1. The van der Waals surface area contributed by atoms with Gasteiger partial charge in [0.15, 0.2) is 5.85 Å². The van der Waals surface area contributed by atoms with Gasteiger partial charge in [-0.05, 0) is 30.7 Å². The first kappa shape index (κ1) is 20.5. The van der Waals surface area contributed by atoms with Crippen molar-refractivity contribution in [1.82, 2.24) is 0 Å². The topological polar surface area (TPSA) is 147 Å².